The van der Waals surface area contributed by atoms with Crippen LogP contribution in [0.1, 0.15) is 24.0 Å². The lowest BCUT2D eigenvalue weighted by molar-refractivity contribution is -0.119. The Bertz CT molecular complexity index is 335. The van der Waals surface area contributed by atoms with E-state index in [0.29, 0.717) is 13.1 Å². The molecule has 1 amide bonds. The summed E-state index contributed by atoms with van der Waals surface area (Å²) in [5, 5.41) is 11.7. The van der Waals surface area contributed by atoms with E-state index in [4.69, 9.17) is 10.8 Å². The molecule has 0 bridgehead atoms. The summed E-state index contributed by atoms with van der Waals surface area (Å²) in [5.41, 5.74) is 7.27. The van der Waals surface area contributed by atoms with Gasteiger partial charge in [0.15, 0.2) is 0 Å². The summed E-state index contributed by atoms with van der Waals surface area (Å²) in [5.74, 6) is -0.564. The average molecular weight is 222 g/mol. The first-order valence-corrected chi connectivity index (χ1v) is 5.35. The molecule has 0 heterocycles. The molecule has 0 aliphatic heterocycles. The number of aliphatic hydroxyl groups excluding tert-OH is 1. The lowest BCUT2D eigenvalue weighted by Crippen LogP contribution is -2.19. The maximum absolute atomic E-state index is 11.0. The molecule has 0 spiro atoms. The number of carbonyl (C=O) groups is 1. The van der Waals surface area contributed by atoms with Crippen molar-refractivity contribution in [3.8, 4) is 0 Å². The van der Waals surface area contributed by atoms with Gasteiger partial charge < -0.3 is 16.2 Å². The van der Waals surface area contributed by atoms with Crippen LogP contribution in [0, 0.1) is 0 Å². The van der Waals surface area contributed by atoms with Gasteiger partial charge in [-0.15, -0.1) is 0 Å². The number of carbonyl (C=O) groups excluding carboxylic acids is 1. The molecule has 0 aliphatic carbocycles. The number of nitrogens with two attached hydrogens (primary N) is 1. The van der Waals surface area contributed by atoms with E-state index >= 15 is 0 Å². The third kappa shape index (κ3) is 3.64. The topological polar surface area (TPSA) is 75.4 Å². The maximum atomic E-state index is 11.0. The predicted octanol–water partition coefficient (Wildman–Crippen LogP) is 0.357. The summed E-state index contributed by atoms with van der Waals surface area (Å²) in [6.07, 6.45) is 0. The predicted molar refractivity (Wildman–Crippen MR) is 62.8 cm³/mol. The van der Waals surface area contributed by atoms with Crippen molar-refractivity contribution in [3.63, 3.8) is 0 Å². The number of hydrogen-bond donors (Lipinski definition) is 3. The highest BCUT2D eigenvalue weighted by atomic mass is 16.3. The first-order chi connectivity index (χ1) is 7.65. The molecule has 88 valence electrons. The van der Waals surface area contributed by atoms with Gasteiger partial charge in [0, 0.05) is 13.1 Å². The van der Waals surface area contributed by atoms with E-state index in [1.807, 2.05) is 24.3 Å². The van der Waals surface area contributed by atoms with Gasteiger partial charge in [-0.05, 0) is 18.1 Å². The molecule has 0 aliphatic rings. The molecule has 0 saturated heterocycles. The van der Waals surface area contributed by atoms with Gasteiger partial charge >= 0.3 is 0 Å². The Morgan fingerprint density at radius 3 is 2.56 bits per heavy atom. The van der Waals surface area contributed by atoms with Gasteiger partial charge in [0.2, 0.25) is 5.91 Å². The minimum absolute atomic E-state index is 0.136. The van der Waals surface area contributed by atoms with Crippen LogP contribution in [0.2, 0.25) is 0 Å². The maximum Gasteiger partial charge on any atom is 0.224 e. The van der Waals surface area contributed by atoms with Crippen LogP contribution in [0.5, 0.6) is 0 Å². The molecule has 0 fully saturated rings. The number of aliphatic hydroxyl groups is 1. The second kappa shape index (κ2) is 6.25. The molecule has 1 unspecified atom stereocenters. The van der Waals surface area contributed by atoms with E-state index in [2.05, 4.69) is 5.32 Å². The molecule has 0 saturated carbocycles. The monoisotopic (exact) mass is 222 g/mol. The van der Waals surface area contributed by atoms with Crippen molar-refractivity contribution in [2.45, 2.75) is 19.4 Å². The summed E-state index contributed by atoms with van der Waals surface area (Å²) in [7, 11) is 0. The van der Waals surface area contributed by atoms with Crippen molar-refractivity contribution >= 4 is 5.91 Å². The van der Waals surface area contributed by atoms with Crippen molar-refractivity contribution in [3.05, 3.63) is 35.4 Å². The summed E-state index contributed by atoms with van der Waals surface area (Å²) in [6.45, 7) is 3.23. The second-order valence-corrected chi connectivity index (χ2v) is 3.77. The van der Waals surface area contributed by atoms with E-state index in [1.54, 1.807) is 6.92 Å². The number of rotatable bonds is 6. The fraction of sp³-hybridized carbons (Fsp3) is 0.417. The quantitative estimate of drug-likeness (QED) is 0.608. The smallest absolute Gasteiger partial charge is 0.224 e. The summed E-state index contributed by atoms with van der Waals surface area (Å²) in [4.78, 5) is 11.0. The highest BCUT2D eigenvalue weighted by Gasteiger charge is 2.10. The van der Waals surface area contributed by atoms with Crippen LogP contribution in [0.3, 0.4) is 0 Å². The summed E-state index contributed by atoms with van der Waals surface area (Å²) in [6, 6.07) is 7.73. The molecule has 4 heteroatoms. The third-order valence-electron chi connectivity index (χ3n) is 2.52. The Balaban J connectivity index is 2.57. The zero-order chi connectivity index (χ0) is 12.0. The van der Waals surface area contributed by atoms with Gasteiger partial charge in [0.1, 0.15) is 0 Å². The fourth-order valence-corrected chi connectivity index (χ4v) is 1.40. The van der Waals surface area contributed by atoms with Crippen LogP contribution in [-0.4, -0.2) is 24.2 Å². The van der Waals surface area contributed by atoms with Crippen LogP contribution in [-0.2, 0) is 11.3 Å². The van der Waals surface area contributed by atoms with Crippen LogP contribution in [0.25, 0.3) is 0 Å². The summed E-state index contributed by atoms with van der Waals surface area (Å²) < 4.78 is 0. The molecule has 1 aromatic rings. The zero-order valence-electron chi connectivity index (χ0n) is 9.44. The van der Waals surface area contributed by atoms with Crippen molar-refractivity contribution < 1.29 is 9.90 Å². The van der Waals surface area contributed by atoms with E-state index in [0.717, 1.165) is 11.1 Å². The number of nitrogens with one attached hydrogen (secondary N) is 1. The summed E-state index contributed by atoms with van der Waals surface area (Å²) >= 11 is 0. The molecule has 0 radical (unpaired) electrons. The van der Waals surface area contributed by atoms with Crippen molar-refractivity contribution in [1.29, 1.82) is 0 Å². The highest BCUT2D eigenvalue weighted by molar-refractivity contribution is 5.81. The minimum atomic E-state index is -0.314. The van der Waals surface area contributed by atoms with E-state index in [1.165, 1.54) is 0 Å². The largest absolute Gasteiger partial charge is 0.395 e. The van der Waals surface area contributed by atoms with Crippen molar-refractivity contribution in [2.75, 3.05) is 13.2 Å². The lowest BCUT2D eigenvalue weighted by atomic mass is 9.99. The Labute approximate surface area is 95.5 Å². The Kier molecular flexibility index (Phi) is 4.95. The van der Waals surface area contributed by atoms with Crippen molar-refractivity contribution in [1.82, 2.24) is 5.32 Å². The van der Waals surface area contributed by atoms with E-state index in [9.17, 15) is 4.79 Å². The number of amides is 1. The first-order valence-electron chi connectivity index (χ1n) is 5.35. The molecular weight excluding hydrogens is 204 g/mol. The number of primary amides is 1. The lowest BCUT2D eigenvalue weighted by Gasteiger charge is -2.09. The SMILES string of the molecule is CC(C(N)=O)c1ccc(CNCCO)cc1. The average Bonchev–Trinajstić information content (AvgIpc) is 2.29. The van der Waals surface area contributed by atoms with Gasteiger partial charge in [-0.1, -0.05) is 24.3 Å². The molecular formula is C12H18N2O2. The Morgan fingerprint density at radius 1 is 1.44 bits per heavy atom. The Morgan fingerprint density at radius 2 is 2.06 bits per heavy atom. The van der Waals surface area contributed by atoms with Gasteiger partial charge in [-0.2, -0.15) is 0 Å². The molecule has 16 heavy (non-hydrogen) atoms. The zero-order valence-corrected chi connectivity index (χ0v) is 9.44. The van der Waals surface area contributed by atoms with Crippen LogP contribution >= 0.6 is 0 Å². The van der Waals surface area contributed by atoms with Crippen LogP contribution < -0.4 is 11.1 Å². The molecule has 1 rings (SSSR count). The Hall–Kier alpha value is -1.39. The molecule has 4 N–H and O–H groups in total. The van der Waals surface area contributed by atoms with Crippen LogP contribution in [0.4, 0.5) is 0 Å². The normalized spacial score (nSPS) is 12.4. The van der Waals surface area contributed by atoms with Gasteiger partial charge in [0.25, 0.3) is 0 Å². The number of hydrogen-bond acceptors (Lipinski definition) is 3. The van der Waals surface area contributed by atoms with E-state index < -0.39 is 0 Å². The first kappa shape index (κ1) is 12.7. The molecule has 1 atom stereocenters. The third-order valence-corrected chi connectivity index (χ3v) is 2.52. The van der Waals surface area contributed by atoms with Gasteiger partial charge in [-0.25, -0.2) is 0 Å². The fourth-order valence-electron chi connectivity index (χ4n) is 1.40. The standard InChI is InChI=1S/C12H18N2O2/c1-9(12(13)16)11-4-2-10(3-5-11)8-14-6-7-15/h2-5,9,14-15H,6-8H2,1H3,(H2,13,16). The van der Waals surface area contributed by atoms with E-state index in [-0.39, 0.29) is 18.4 Å². The second-order valence-electron chi connectivity index (χ2n) is 3.77. The minimum Gasteiger partial charge on any atom is -0.395 e. The molecule has 4 nitrogen and oxygen atoms in total. The van der Waals surface area contributed by atoms with Gasteiger partial charge in [-0.3, -0.25) is 4.79 Å². The van der Waals surface area contributed by atoms with Gasteiger partial charge in [0.05, 0.1) is 12.5 Å². The van der Waals surface area contributed by atoms with Crippen LogP contribution in [0.15, 0.2) is 24.3 Å². The molecule has 0 aromatic heterocycles. The molecule has 1 aromatic carbocycles. The highest BCUT2D eigenvalue weighted by Crippen LogP contribution is 2.15. The number of benzene rings is 1. The van der Waals surface area contributed by atoms with Crippen molar-refractivity contribution in [2.24, 2.45) is 5.73 Å².